The number of sulfonamides is 1. The van der Waals surface area contributed by atoms with Crippen LogP contribution in [0.25, 0.3) is 0 Å². The topological polar surface area (TPSA) is 85.4 Å². The van der Waals surface area contributed by atoms with Crippen LogP contribution in [0.4, 0.5) is 11.4 Å². The van der Waals surface area contributed by atoms with E-state index in [1.807, 2.05) is 66.9 Å². The number of hydrogen-bond acceptors (Lipinski definition) is 8. The van der Waals surface area contributed by atoms with E-state index in [1.165, 1.54) is 11.8 Å². The second kappa shape index (κ2) is 14.5. The first-order valence-electron chi connectivity index (χ1n) is 15.4. The number of ether oxygens (including phenoxy) is 3. The molecule has 0 fully saturated rings. The molecule has 1 aliphatic heterocycles. The Morgan fingerprint density at radius 3 is 2.29 bits per heavy atom. The van der Waals surface area contributed by atoms with Crippen molar-refractivity contribution in [1.29, 1.82) is 0 Å². The number of esters is 1. The first-order valence-corrected chi connectivity index (χ1v) is 18.1. The van der Waals surface area contributed by atoms with E-state index in [-0.39, 0.29) is 18.0 Å². The zero-order valence-electron chi connectivity index (χ0n) is 27.5. The number of carbonyl (C=O) groups is 1. The molecular weight excluding hydrogens is 609 g/mol. The highest BCUT2D eigenvalue weighted by Gasteiger charge is 2.48. The summed E-state index contributed by atoms with van der Waals surface area (Å²) in [6.45, 7) is 9.92. The van der Waals surface area contributed by atoms with Gasteiger partial charge in [0.2, 0.25) is 10.0 Å². The Labute approximate surface area is 273 Å². The molecule has 0 saturated heterocycles. The van der Waals surface area contributed by atoms with Gasteiger partial charge in [0.1, 0.15) is 22.0 Å². The van der Waals surface area contributed by atoms with Gasteiger partial charge in [0.15, 0.2) is 6.61 Å². The van der Waals surface area contributed by atoms with Crippen LogP contribution in [-0.4, -0.2) is 56.3 Å². The fraction of sp³-hybridized carbons (Fsp3) is 0.457. The number of rotatable bonds is 12. The van der Waals surface area contributed by atoms with Crippen molar-refractivity contribution in [2.45, 2.75) is 87.8 Å². The summed E-state index contributed by atoms with van der Waals surface area (Å²) >= 11 is 1.44. The average Bonchev–Trinajstić information content (AvgIpc) is 3.09. The summed E-state index contributed by atoms with van der Waals surface area (Å²) < 4.78 is 48.6. The molecule has 1 atom stereocenters. The fourth-order valence-electron chi connectivity index (χ4n) is 5.72. The Morgan fingerprint density at radius 1 is 1.02 bits per heavy atom. The van der Waals surface area contributed by atoms with Gasteiger partial charge in [0, 0.05) is 24.8 Å². The van der Waals surface area contributed by atoms with Crippen molar-refractivity contribution >= 4 is 39.1 Å². The number of anilines is 2. The summed E-state index contributed by atoms with van der Waals surface area (Å²) in [5.41, 5.74) is 0.983. The summed E-state index contributed by atoms with van der Waals surface area (Å²) in [5, 5.41) is 0. The minimum absolute atomic E-state index is 0.142. The molecule has 8 nitrogen and oxygen atoms in total. The lowest BCUT2D eigenvalue weighted by atomic mass is 9.88. The highest BCUT2D eigenvalue weighted by atomic mass is 32.2. The van der Waals surface area contributed by atoms with Gasteiger partial charge >= 0.3 is 5.97 Å². The summed E-state index contributed by atoms with van der Waals surface area (Å²) in [7, 11) is -2.47. The Hall–Kier alpha value is -3.21. The zero-order chi connectivity index (χ0) is 32.8. The van der Waals surface area contributed by atoms with Gasteiger partial charge in [-0.1, -0.05) is 57.0 Å². The molecule has 3 aromatic rings. The standard InChI is InChI=1S/C35H46N2O6S2/c1-8-10-20-35(9-2)25-36(27-14-12-11-13-15-27)29-21-31(44-7)30(42-24-33(38)43-34(3,4)5)22-32(29)45(39,40)37(35)23-26-16-18-28(41-6)19-17-26/h11-19,21-22H,8-10,20,23-25H2,1-7H3. The number of hydrogen-bond donors (Lipinski definition) is 0. The molecule has 0 radical (unpaired) electrons. The van der Waals surface area contributed by atoms with E-state index in [2.05, 4.69) is 18.7 Å². The van der Waals surface area contributed by atoms with E-state index in [4.69, 9.17) is 14.2 Å². The first-order chi connectivity index (χ1) is 21.4. The minimum Gasteiger partial charge on any atom is -0.497 e. The van der Waals surface area contributed by atoms with E-state index in [1.54, 1.807) is 38.3 Å². The number of carbonyl (C=O) groups excluding carboxylic acids is 1. The first kappa shape index (κ1) is 34.7. The summed E-state index contributed by atoms with van der Waals surface area (Å²) in [6.07, 6.45) is 5.05. The molecule has 244 valence electrons. The molecule has 1 unspecified atom stereocenters. The molecule has 0 spiro atoms. The third-order valence-electron chi connectivity index (χ3n) is 8.06. The molecular formula is C35H46N2O6S2. The quantitative estimate of drug-likeness (QED) is 0.144. The molecule has 0 aromatic heterocycles. The van der Waals surface area contributed by atoms with Crippen molar-refractivity contribution in [3.8, 4) is 11.5 Å². The van der Waals surface area contributed by atoms with Gasteiger partial charge in [-0.05, 0) is 75.8 Å². The van der Waals surface area contributed by atoms with Crippen molar-refractivity contribution in [2.24, 2.45) is 0 Å². The highest BCUT2D eigenvalue weighted by molar-refractivity contribution is 7.98. The molecule has 0 amide bonds. The molecule has 0 aliphatic carbocycles. The van der Waals surface area contributed by atoms with Crippen LogP contribution in [-0.2, 0) is 26.1 Å². The number of methoxy groups -OCH3 is 1. The van der Waals surface area contributed by atoms with Crippen LogP contribution < -0.4 is 14.4 Å². The van der Waals surface area contributed by atoms with Gasteiger partial charge in [0.05, 0.1) is 23.2 Å². The van der Waals surface area contributed by atoms with E-state index in [0.717, 1.165) is 29.0 Å². The molecule has 1 heterocycles. The smallest absolute Gasteiger partial charge is 0.344 e. The largest absolute Gasteiger partial charge is 0.497 e. The Bertz CT molecular complexity index is 1560. The summed E-state index contributed by atoms with van der Waals surface area (Å²) in [4.78, 5) is 15.6. The van der Waals surface area contributed by atoms with Crippen LogP contribution in [0.2, 0.25) is 0 Å². The van der Waals surface area contributed by atoms with E-state index < -0.39 is 27.1 Å². The van der Waals surface area contributed by atoms with Crippen LogP contribution in [0.1, 0.15) is 65.9 Å². The van der Waals surface area contributed by atoms with Gasteiger partial charge in [0.25, 0.3) is 0 Å². The maximum Gasteiger partial charge on any atom is 0.344 e. The minimum atomic E-state index is -4.08. The monoisotopic (exact) mass is 654 g/mol. The number of nitrogens with zero attached hydrogens (tertiary/aromatic N) is 2. The third-order valence-corrected chi connectivity index (χ3v) is 10.8. The van der Waals surface area contributed by atoms with Gasteiger partial charge in [-0.15, -0.1) is 11.8 Å². The number of thioether (sulfide) groups is 1. The lowest BCUT2D eigenvalue weighted by Crippen LogP contribution is -2.54. The maximum absolute atomic E-state index is 15.1. The van der Waals surface area contributed by atoms with Crippen LogP contribution in [0.15, 0.2) is 76.5 Å². The Morgan fingerprint density at radius 2 is 1.71 bits per heavy atom. The molecule has 0 saturated carbocycles. The molecule has 4 rings (SSSR count). The SMILES string of the molecule is CCCCC1(CC)CN(c2ccccc2)c2cc(SC)c(OCC(=O)OC(C)(C)C)cc2S(=O)(=O)N1Cc1ccc(OC)cc1. The predicted molar refractivity (Wildman–Crippen MR) is 181 cm³/mol. The van der Waals surface area contributed by atoms with Gasteiger partial charge in [-0.25, -0.2) is 13.2 Å². The van der Waals surface area contributed by atoms with Gasteiger partial charge in [-0.3, -0.25) is 0 Å². The van der Waals surface area contributed by atoms with Crippen molar-refractivity contribution in [2.75, 3.05) is 31.4 Å². The van der Waals surface area contributed by atoms with E-state index >= 15 is 8.42 Å². The van der Waals surface area contributed by atoms with Crippen LogP contribution in [0.5, 0.6) is 11.5 Å². The molecule has 10 heteroatoms. The lowest BCUT2D eigenvalue weighted by molar-refractivity contribution is -0.157. The van der Waals surface area contributed by atoms with Crippen LogP contribution >= 0.6 is 11.8 Å². The Kier molecular flexibility index (Phi) is 11.2. The lowest BCUT2D eigenvalue weighted by Gasteiger charge is -2.43. The third kappa shape index (κ3) is 7.96. The summed E-state index contributed by atoms with van der Waals surface area (Å²) in [5.74, 6) is 0.511. The van der Waals surface area contributed by atoms with Gasteiger partial charge in [-0.2, -0.15) is 4.31 Å². The molecule has 1 aliphatic rings. The number of unbranched alkanes of at least 4 members (excludes halogenated alkanes) is 1. The molecule has 3 aromatic carbocycles. The van der Waals surface area contributed by atoms with Crippen LogP contribution in [0, 0.1) is 0 Å². The van der Waals surface area contributed by atoms with Crippen molar-refractivity contribution in [3.63, 3.8) is 0 Å². The highest BCUT2D eigenvalue weighted by Crippen LogP contribution is 2.47. The summed E-state index contributed by atoms with van der Waals surface area (Å²) in [6, 6.07) is 20.9. The predicted octanol–water partition coefficient (Wildman–Crippen LogP) is 7.82. The van der Waals surface area contributed by atoms with Crippen molar-refractivity contribution in [3.05, 3.63) is 72.3 Å². The molecule has 0 bridgehead atoms. The number of para-hydroxylation sites is 1. The zero-order valence-corrected chi connectivity index (χ0v) is 29.1. The molecule has 45 heavy (non-hydrogen) atoms. The number of benzene rings is 3. The Balaban J connectivity index is 1.93. The average molecular weight is 655 g/mol. The molecule has 0 N–H and O–H groups in total. The van der Waals surface area contributed by atoms with E-state index in [0.29, 0.717) is 36.6 Å². The second-order valence-electron chi connectivity index (χ2n) is 12.3. The number of fused-ring (bicyclic) bond motifs is 1. The second-order valence-corrected chi connectivity index (χ2v) is 15.0. The normalized spacial score (nSPS) is 18.2. The van der Waals surface area contributed by atoms with E-state index in [9.17, 15) is 4.79 Å². The van der Waals surface area contributed by atoms with Crippen molar-refractivity contribution in [1.82, 2.24) is 4.31 Å². The fourth-order valence-corrected chi connectivity index (χ4v) is 8.30. The maximum atomic E-state index is 15.1. The van der Waals surface area contributed by atoms with Crippen molar-refractivity contribution < 1.29 is 27.4 Å². The van der Waals surface area contributed by atoms with Gasteiger partial charge < -0.3 is 19.1 Å². The van der Waals surface area contributed by atoms with Crippen LogP contribution in [0.3, 0.4) is 0 Å².